The minimum Gasteiger partial charge on any atom is -0.310 e. The molecule has 2 aliphatic heterocycles. The highest BCUT2D eigenvalue weighted by Crippen LogP contribution is 2.55. The van der Waals surface area contributed by atoms with Crippen LogP contribution in [0.2, 0.25) is 0 Å². The normalized spacial score (nSPS) is 12.6. The van der Waals surface area contributed by atoms with Crippen molar-refractivity contribution in [2.45, 2.75) is 39.2 Å². The fourth-order valence-electron chi connectivity index (χ4n) is 10.9. The third-order valence-electron chi connectivity index (χ3n) is 14.2. The maximum atomic E-state index is 2.47. The Labute approximate surface area is 445 Å². The maximum absolute atomic E-state index is 2.47. The molecule has 0 N–H and O–H groups in total. The second-order valence-electron chi connectivity index (χ2n) is 18.5. The van der Waals surface area contributed by atoms with Crippen molar-refractivity contribution in [1.29, 1.82) is 0 Å². The SMILES string of the molecule is c1ccc(N(c2ccccc2)c2ccc3c(c2)c2c4c(ccc2n3-c2ccc(-n3c5ccc(N(c6ccccc6)c6ccccc6)cc5c5c6c(ccc53)Sc3ccccc3S6)cc2)Sc2ccccc2S4)cc1. The van der Waals surface area contributed by atoms with E-state index in [4.69, 9.17) is 0 Å². The average Bonchev–Trinajstić information content (AvgIpc) is 3.98. The first-order chi connectivity index (χ1) is 36.7. The van der Waals surface area contributed by atoms with Gasteiger partial charge in [0, 0.05) is 106 Å². The molecule has 74 heavy (non-hydrogen) atoms. The molecule has 0 saturated carbocycles. The van der Waals surface area contributed by atoms with E-state index in [-0.39, 0.29) is 0 Å². The van der Waals surface area contributed by atoms with E-state index in [9.17, 15) is 0 Å². The van der Waals surface area contributed by atoms with Crippen molar-refractivity contribution >= 4 is 125 Å². The van der Waals surface area contributed by atoms with E-state index < -0.39 is 0 Å². The summed E-state index contributed by atoms with van der Waals surface area (Å²) in [6.07, 6.45) is 0. The number of rotatable bonds is 8. The molecule has 2 aromatic heterocycles. The fraction of sp³-hybridized carbons (Fsp3) is 0. The van der Waals surface area contributed by atoms with E-state index in [1.54, 1.807) is 0 Å². The third kappa shape index (κ3) is 7.19. The van der Waals surface area contributed by atoms with Gasteiger partial charge in [-0.1, -0.05) is 144 Å². The molecule has 0 amide bonds. The van der Waals surface area contributed by atoms with Gasteiger partial charge < -0.3 is 18.9 Å². The van der Waals surface area contributed by atoms with Gasteiger partial charge in [-0.3, -0.25) is 0 Å². The van der Waals surface area contributed by atoms with Crippen LogP contribution < -0.4 is 9.80 Å². The second-order valence-corrected chi connectivity index (χ2v) is 22.8. The molecule has 0 radical (unpaired) electrons. The lowest BCUT2D eigenvalue weighted by molar-refractivity contribution is 1.13. The van der Waals surface area contributed by atoms with Crippen LogP contribution in [0.5, 0.6) is 0 Å². The number of hydrogen-bond acceptors (Lipinski definition) is 6. The van der Waals surface area contributed by atoms with Gasteiger partial charge in [0.1, 0.15) is 0 Å². The Bertz CT molecular complexity index is 3950. The van der Waals surface area contributed by atoms with E-state index in [1.165, 1.54) is 82.8 Å². The number of anilines is 6. The van der Waals surface area contributed by atoms with Crippen molar-refractivity contribution in [1.82, 2.24) is 9.13 Å². The zero-order valence-corrected chi connectivity index (χ0v) is 42.9. The van der Waals surface area contributed by atoms with Gasteiger partial charge in [-0.25, -0.2) is 0 Å². The predicted molar refractivity (Wildman–Crippen MR) is 314 cm³/mol. The number of para-hydroxylation sites is 4. The van der Waals surface area contributed by atoms with Crippen LogP contribution in [0.15, 0.2) is 294 Å². The molecule has 13 aromatic rings. The summed E-state index contributed by atoms with van der Waals surface area (Å²) in [5.41, 5.74) is 13.6. The minimum atomic E-state index is 1.11. The molecule has 0 saturated heterocycles. The first kappa shape index (κ1) is 43.6. The molecule has 0 aliphatic carbocycles. The number of aromatic nitrogens is 2. The molecule has 0 unspecified atom stereocenters. The molecule has 350 valence electrons. The molecule has 11 aromatic carbocycles. The standard InChI is InChI=1S/C66H42N4S4/c1-5-17-43(18-6-1)67(44-19-7-2-8-20-44)49-33-35-53-51(41-49)63-55(37-39-61-65(63)73-59-27-15-13-25-57(59)71-61)69(53)47-29-31-48(32-30-47)70-54-36-34-50(68(45-21-9-3-10-22-45)46-23-11-4-12-24-46)42-52(54)64-56(70)38-40-62-66(64)74-60-28-16-14-26-58(60)72-62/h1-42H. The fourth-order valence-corrected chi connectivity index (χ4v) is 15.8. The molecule has 0 atom stereocenters. The van der Waals surface area contributed by atoms with Crippen molar-refractivity contribution < 1.29 is 0 Å². The number of nitrogens with zero attached hydrogens (tertiary/aromatic N) is 4. The third-order valence-corrected chi connectivity index (χ3v) is 19.4. The lowest BCUT2D eigenvalue weighted by atomic mass is 10.1. The number of hydrogen-bond donors (Lipinski definition) is 0. The molecule has 4 heterocycles. The van der Waals surface area contributed by atoms with Crippen LogP contribution in [0.1, 0.15) is 0 Å². The van der Waals surface area contributed by atoms with E-state index in [2.05, 4.69) is 274 Å². The molecule has 2 aliphatic rings. The van der Waals surface area contributed by atoms with Gasteiger partial charge in [0.25, 0.3) is 0 Å². The first-order valence-corrected chi connectivity index (χ1v) is 28.0. The summed E-state index contributed by atoms with van der Waals surface area (Å²) in [7, 11) is 0. The van der Waals surface area contributed by atoms with Gasteiger partial charge in [0.2, 0.25) is 0 Å². The van der Waals surface area contributed by atoms with Crippen LogP contribution in [-0.4, -0.2) is 9.13 Å². The topological polar surface area (TPSA) is 16.3 Å². The summed E-state index contributed by atoms with van der Waals surface area (Å²) in [5, 5.41) is 5.00. The first-order valence-electron chi connectivity index (χ1n) is 24.7. The summed E-state index contributed by atoms with van der Waals surface area (Å²) >= 11 is 7.54. The Morgan fingerprint density at radius 3 is 0.905 bits per heavy atom. The van der Waals surface area contributed by atoms with Crippen molar-refractivity contribution in [2.24, 2.45) is 0 Å². The lowest BCUT2D eigenvalue weighted by Gasteiger charge is -2.25. The van der Waals surface area contributed by atoms with Gasteiger partial charge >= 0.3 is 0 Å². The summed E-state index contributed by atoms with van der Waals surface area (Å²) in [5.74, 6) is 0. The highest BCUT2D eigenvalue weighted by molar-refractivity contribution is 8.05. The molecule has 15 rings (SSSR count). The molecule has 0 spiro atoms. The van der Waals surface area contributed by atoms with Crippen LogP contribution in [0.4, 0.5) is 34.1 Å². The van der Waals surface area contributed by atoms with Crippen LogP contribution in [0.3, 0.4) is 0 Å². The Morgan fingerprint density at radius 2 is 0.554 bits per heavy atom. The Kier molecular flexibility index (Phi) is 10.5. The zero-order chi connectivity index (χ0) is 48.7. The summed E-state index contributed by atoms with van der Waals surface area (Å²) in [6, 6.07) is 93.1. The second kappa shape index (κ2) is 17.9. The smallest absolute Gasteiger partial charge is 0.0553 e. The van der Waals surface area contributed by atoms with E-state index >= 15 is 0 Å². The average molecular weight is 1020 g/mol. The van der Waals surface area contributed by atoms with Gasteiger partial charge in [-0.05, 0) is 158 Å². The van der Waals surface area contributed by atoms with E-state index in [0.717, 1.165) is 45.5 Å². The summed E-state index contributed by atoms with van der Waals surface area (Å²) in [6.45, 7) is 0. The number of fused-ring (bicyclic) bond motifs is 12. The highest BCUT2D eigenvalue weighted by atomic mass is 32.2. The molecule has 0 bridgehead atoms. The Balaban J connectivity index is 0.916. The lowest BCUT2D eigenvalue weighted by Crippen LogP contribution is -2.09. The molecule has 4 nitrogen and oxygen atoms in total. The van der Waals surface area contributed by atoms with Gasteiger partial charge in [0.05, 0.1) is 22.1 Å². The Morgan fingerprint density at radius 1 is 0.243 bits per heavy atom. The van der Waals surface area contributed by atoms with Crippen molar-refractivity contribution in [2.75, 3.05) is 9.80 Å². The van der Waals surface area contributed by atoms with Crippen LogP contribution in [0.25, 0.3) is 55.0 Å². The molecular weight excluding hydrogens is 977 g/mol. The number of benzene rings is 11. The zero-order valence-electron chi connectivity index (χ0n) is 39.7. The molecule has 0 fully saturated rings. The van der Waals surface area contributed by atoms with Crippen molar-refractivity contribution in [3.05, 3.63) is 255 Å². The van der Waals surface area contributed by atoms with Gasteiger partial charge in [-0.2, -0.15) is 0 Å². The van der Waals surface area contributed by atoms with Crippen LogP contribution >= 0.6 is 47.0 Å². The van der Waals surface area contributed by atoms with E-state index in [0.29, 0.717) is 0 Å². The molecule has 8 heteroatoms. The quantitative estimate of drug-likeness (QED) is 0.150. The monoisotopic (exact) mass is 1020 g/mol. The highest BCUT2D eigenvalue weighted by Gasteiger charge is 2.27. The predicted octanol–water partition coefficient (Wildman–Crippen LogP) is 20.1. The van der Waals surface area contributed by atoms with E-state index in [1.807, 2.05) is 47.0 Å². The minimum absolute atomic E-state index is 1.11. The summed E-state index contributed by atoms with van der Waals surface area (Å²) < 4.78 is 4.95. The molecular formula is C66H42N4S4. The van der Waals surface area contributed by atoms with Crippen molar-refractivity contribution in [3.63, 3.8) is 0 Å². The van der Waals surface area contributed by atoms with Gasteiger partial charge in [-0.15, -0.1) is 0 Å². The van der Waals surface area contributed by atoms with Crippen LogP contribution in [0, 0.1) is 0 Å². The van der Waals surface area contributed by atoms with Gasteiger partial charge in [0.15, 0.2) is 0 Å². The maximum Gasteiger partial charge on any atom is 0.0553 e. The summed E-state index contributed by atoms with van der Waals surface area (Å²) in [4.78, 5) is 15.1. The van der Waals surface area contributed by atoms with Crippen LogP contribution in [-0.2, 0) is 0 Å². The Hall–Kier alpha value is -7.98. The van der Waals surface area contributed by atoms with Crippen molar-refractivity contribution in [3.8, 4) is 11.4 Å². The largest absolute Gasteiger partial charge is 0.310 e.